The minimum atomic E-state index is -2.05. The van der Waals surface area contributed by atoms with Crippen molar-refractivity contribution in [2.75, 3.05) is 19.1 Å². The van der Waals surface area contributed by atoms with Crippen LogP contribution in [0.25, 0.3) is 11.4 Å². The first-order valence-corrected chi connectivity index (χ1v) is 25.4. The van der Waals surface area contributed by atoms with Crippen LogP contribution in [0, 0.1) is 0 Å². The zero-order chi connectivity index (χ0) is 30.2. The van der Waals surface area contributed by atoms with Crippen LogP contribution >= 0.6 is 11.6 Å². The SMILES string of the molecule is C[Si](C)(C)O[Si](C)(C)O[Si](C)(C)CCCCCCOc1ccc(-c2ncc(OCCCCCCCCCl)cn2)cc1. The summed E-state index contributed by atoms with van der Waals surface area (Å²) in [6, 6.07) is 9.20. The normalized spacial score (nSPS) is 12.5. The molecule has 232 valence electrons. The van der Waals surface area contributed by atoms with E-state index in [9.17, 15) is 0 Å². The molecule has 0 aliphatic heterocycles. The van der Waals surface area contributed by atoms with E-state index in [1.54, 1.807) is 12.4 Å². The van der Waals surface area contributed by atoms with Gasteiger partial charge in [0.15, 0.2) is 28.2 Å². The van der Waals surface area contributed by atoms with Crippen molar-refractivity contribution in [2.24, 2.45) is 0 Å². The van der Waals surface area contributed by atoms with Crippen molar-refractivity contribution in [1.29, 1.82) is 0 Å². The number of unbranched alkanes of at least 4 members (excludes halogenated alkanes) is 8. The molecule has 0 aliphatic carbocycles. The second kappa shape index (κ2) is 18.4. The van der Waals surface area contributed by atoms with E-state index in [1.165, 1.54) is 51.0 Å². The summed E-state index contributed by atoms with van der Waals surface area (Å²) in [5.74, 6) is 3.06. The Labute approximate surface area is 258 Å². The van der Waals surface area contributed by atoms with Crippen molar-refractivity contribution in [3.05, 3.63) is 36.7 Å². The van der Waals surface area contributed by atoms with Crippen molar-refractivity contribution in [3.8, 4) is 22.9 Å². The molecule has 0 aliphatic rings. The monoisotopic (exact) mass is 638 g/mol. The summed E-state index contributed by atoms with van der Waals surface area (Å²) in [6.07, 6.45) is 15.2. The molecule has 0 amide bonds. The first-order valence-electron chi connectivity index (χ1n) is 15.5. The maximum Gasteiger partial charge on any atom is 0.311 e. The van der Waals surface area contributed by atoms with Crippen molar-refractivity contribution in [2.45, 2.75) is 116 Å². The Hall–Kier alpha value is -1.24. The summed E-state index contributed by atoms with van der Waals surface area (Å²) in [5, 5.41) is 0. The molecule has 2 rings (SSSR count). The van der Waals surface area contributed by atoms with Gasteiger partial charge in [-0.15, -0.1) is 11.6 Å². The average molecular weight is 640 g/mol. The third-order valence-corrected chi connectivity index (χ3v) is 17.0. The Morgan fingerprint density at radius 1 is 0.610 bits per heavy atom. The van der Waals surface area contributed by atoms with Gasteiger partial charge in [-0.1, -0.05) is 44.9 Å². The van der Waals surface area contributed by atoms with E-state index < -0.39 is 25.2 Å². The molecule has 0 fully saturated rings. The highest BCUT2D eigenvalue weighted by atomic mass is 35.5. The van der Waals surface area contributed by atoms with Crippen LogP contribution in [-0.4, -0.2) is 54.3 Å². The van der Waals surface area contributed by atoms with E-state index in [0.29, 0.717) is 12.4 Å². The second-order valence-electron chi connectivity index (χ2n) is 12.9. The molecule has 0 spiro atoms. The third-order valence-electron chi connectivity index (χ3n) is 6.55. The number of benzene rings is 1. The van der Waals surface area contributed by atoms with Crippen LogP contribution in [0.2, 0.25) is 51.9 Å². The number of aromatic nitrogens is 2. The van der Waals surface area contributed by atoms with E-state index >= 15 is 0 Å². The van der Waals surface area contributed by atoms with E-state index in [-0.39, 0.29) is 0 Å². The molecule has 0 radical (unpaired) electrons. The van der Waals surface area contributed by atoms with Crippen LogP contribution < -0.4 is 9.47 Å². The zero-order valence-electron chi connectivity index (χ0n) is 26.8. The predicted octanol–water partition coefficient (Wildman–Crippen LogP) is 9.82. The highest BCUT2D eigenvalue weighted by molar-refractivity contribution is 6.87. The zero-order valence-corrected chi connectivity index (χ0v) is 30.5. The smallest absolute Gasteiger partial charge is 0.311 e. The Kier molecular flexibility index (Phi) is 16.2. The number of halogens is 1. The molecule has 1 aromatic carbocycles. The van der Waals surface area contributed by atoms with Gasteiger partial charge in [-0.05, 0) is 95.4 Å². The van der Waals surface area contributed by atoms with E-state index in [0.717, 1.165) is 48.8 Å². The fourth-order valence-corrected chi connectivity index (χ4v) is 18.5. The number of rotatable bonds is 22. The van der Waals surface area contributed by atoms with Gasteiger partial charge in [0.05, 0.1) is 25.6 Å². The number of nitrogens with zero attached hydrogens (tertiary/aromatic N) is 2. The molecule has 0 bridgehead atoms. The molecule has 0 N–H and O–H groups in total. The third kappa shape index (κ3) is 16.8. The molecule has 1 aromatic heterocycles. The van der Waals surface area contributed by atoms with Crippen LogP contribution in [0.3, 0.4) is 0 Å². The standard InChI is InChI=1S/C31H55ClN2O4Si3/c1-39(2,3)37-41(6,7)38-40(4,5)25-17-13-12-16-23-35-29-20-18-28(19-21-29)31-33-26-30(27-34-31)36-24-15-11-9-8-10-14-22-32/h18-21,26-27H,8-17,22-25H2,1-7H3. The van der Waals surface area contributed by atoms with Gasteiger partial charge in [0.25, 0.3) is 0 Å². The molecule has 0 unspecified atom stereocenters. The van der Waals surface area contributed by atoms with Gasteiger partial charge in [0.2, 0.25) is 0 Å². The van der Waals surface area contributed by atoms with E-state index in [2.05, 4.69) is 55.8 Å². The summed E-state index contributed by atoms with van der Waals surface area (Å²) < 4.78 is 24.8. The van der Waals surface area contributed by atoms with Gasteiger partial charge in [0.1, 0.15) is 5.75 Å². The molecule has 41 heavy (non-hydrogen) atoms. The van der Waals surface area contributed by atoms with Crippen LogP contribution in [0.5, 0.6) is 11.5 Å². The number of alkyl halides is 1. The fraction of sp³-hybridized carbons (Fsp3) is 0.677. The summed E-state index contributed by atoms with van der Waals surface area (Å²) in [4.78, 5) is 8.97. The fourth-order valence-electron chi connectivity index (χ4n) is 5.00. The lowest BCUT2D eigenvalue weighted by Gasteiger charge is -2.37. The van der Waals surface area contributed by atoms with Crippen LogP contribution in [0.4, 0.5) is 0 Å². The molecule has 2 aromatic rings. The van der Waals surface area contributed by atoms with Gasteiger partial charge in [-0.25, -0.2) is 9.97 Å². The Bertz CT molecular complexity index is 971. The summed E-state index contributed by atoms with van der Waals surface area (Å²) >= 11 is 5.72. The van der Waals surface area contributed by atoms with Gasteiger partial charge in [0, 0.05) is 11.4 Å². The molecule has 1 heterocycles. The van der Waals surface area contributed by atoms with Gasteiger partial charge in [-0.2, -0.15) is 0 Å². The van der Waals surface area contributed by atoms with Crippen molar-refractivity contribution >= 4 is 36.8 Å². The van der Waals surface area contributed by atoms with Crippen LogP contribution in [0.15, 0.2) is 36.7 Å². The summed E-state index contributed by atoms with van der Waals surface area (Å²) in [6.45, 7) is 17.3. The lowest BCUT2D eigenvalue weighted by Crippen LogP contribution is -2.51. The molecule has 0 saturated carbocycles. The lowest BCUT2D eigenvalue weighted by atomic mass is 10.1. The molecule has 10 heteroatoms. The maximum absolute atomic E-state index is 6.62. The molecular formula is C31H55ClN2O4Si3. The first-order chi connectivity index (χ1) is 19.4. The summed E-state index contributed by atoms with van der Waals surface area (Å²) in [5.41, 5.74) is 0.969. The average Bonchev–Trinajstić information content (AvgIpc) is 2.88. The highest BCUT2D eigenvalue weighted by Gasteiger charge is 2.37. The lowest BCUT2D eigenvalue weighted by molar-refractivity contribution is 0.302. The quantitative estimate of drug-likeness (QED) is 0.0726. The Morgan fingerprint density at radius 2 is 1.12 bits per heavy atom. The second-order valence-corrected chi connectivity index (χ2v) is 26.0. The Balaban J connectivity index is 1.60. The summed E-state index contributed by atoms with van der Waals surface area (Å²) in [7, 11) is -5.32. The molecule has 0 saturated heterocycles. The first kappa shape index (κ1) is 36.0. The number of hydrogen-bond acceptors (Lipinski definition) is 6. The molecule has 6 nitrogen and oxygen atoms in total. The minimum Gasteiger partial charge on any atom is -0.494 e. The maximum atomic E-state index is 6.62. The Morgan fingerprint density at radius 3 is 1.68 bits per heavy atom. The number of hydrogen-bond donors (Lipinski definition) is 0. The van der Waals surface area contributed by atoms with E-state index in [4.69, 9.17) is 29.3 Å². The highest BCUT2D eigenvalue weighted by Crippen LogP contribution is 2.25. The molecule has 0 atom stereocenters. The van der Waals surface area contributed by atoms with Crippen molar-refractivity contribution < 1.29 is 17.7 Å². The van der Waals surface area contributed by atoms with Gasteiger partial charge in [-0.3, -0.25) is 0 Å². The largest absolute Gasteiger partial charge is 0.494 e. The van der Waals surface area contributed by atoms with Crippen molar-refractivity contribution in [3.63, 3.8) is 0 Å². The number of ether oxygens (including phenoxy) is 2. The topological polar surface area (TPSA) is 62.7 Å². The van der Waals surface area contributed by atoms with Crippen LogP contribution in [-0.2, 0) is 8.23 Å². The van der Waals surface area contributed by atoms with Crippen molar-refractivity contribution in [1.82, 2.24) is 9.97 Å². The van der Waals surface area contributed by atoms with Gasteiger partial charge >= 0.3 is 8.56 Å². The van der Waals surface area contributed by atoms with Crippen LogP contribution in [0.1, 0.15) is 64.2 Å². The van der Waals surface area contributed by atoms with E-state index in [1.807, 2.05) is 24.3 Å². The predicted molar refractivity (Wildman–Crippen MR) is 181 cm³/mol. The minimum absolute atomic E-state index is 0.691. The van der Waals surface area contributed by atoms with Gasteiger partial charge < -0.3 is 17.7 Å². The molecular weight excluding hydrogens is 584 g/mol.